The summed E-state index contributed by atoms with van der Waals surface area (Å²) in [5.74, 6) is -1.98. The number of carbonyl (C=O) groups excluding carboxylic acids is 1. The first-order valence-electron chi connectivity index (χ1n) is 4.40. The summed E-state index contributed by atoms with van der Waals surface area (Å²) in [6.45, 7) is 0. The quantitative estimate of drug-likeness (QED) is 0.706. The number of nitrogen functional groups attached to an aromatic ring is 1. The Hall–Kier alpha value is -2.58. The zero-order chi connectivity index (χ0) is 12.4. The second-order valence-electron chi connectivity index (χ2n) is 2.90. The van der Waals surface area contributed by atoms with E-state index in [1.165, 1.54) is 7.11 Å². The molecule has 8 nitrogen and oxygen atoms in total. The zero-order valence-corrected chi connectivity index (χ0v) is 8.66. The highest BCUT2D eigenvalue weighted by atomic mass is 19.1. The van der Waals surface area contributed by atoms with Crippen molar-refractivity contribution in [1.29, 1.82) is 0 Å². The summed E-state index contributed by atoms with van der Waals surface area (Å²) in [5.41, 5.74) is 5.32. The van der Waals surface area contributed by atoms with Crippen molar-refractivity contribution in [1.82, 2.24) is 24.7 Å². The lowest BCUT2D eigenvalue weighted by molar-refractivity contribution is 0.0587. The van der Waals surface area contributed by atoms with Crippen LogP contribution >= 0.6 is 0 Å². The Bertz CT molecular complexity index is 569. The molecule has 2 rings (SSSR count). The van der Waals surface area contributed by atoms with Crippen molar-refractivity contribution in [3.05, 3.63) is 24.2 Å². The Morgan fingerprint density at radius 1 is 1.53 bits per heavy atom. The molecule has 2 N–H and O–H groups in total. The van der Waals surface area contributed by atoms with E-state index in [-0.39, 0.29) is 17.6 Å². The maximum Gasteiger partial charge on any atom is 0.377 e. The maximum atomic E-state index is 13.4. The van der Waals surface area contributed by atoms with E-state index in [9.17, 15) is 9.18 Å². The van der Waals surface area contributed by atoms with Crippen molar-refractivity contribution in [2.24, 2.45) is 0 Å². The van der Waals surface area contributed by atoms with Gasteiger partial charge in [-0.15, -0.1) is 5.10 Å². The third kappa shape index (κ3) is 2.02. The van der Waals surface area contributed by atoms with E-state index in [1.807, 2.05) is 0 Å². The number of aromatic nitrogens is 5. The Morgan fingerprint density at radius 3 is 3.00 bits per heavy atom. The molecule has 17 heavy (non-hydrogen) atoms. The summed E-state index contributed by atoms with van der Waals surface area (Å²) in [7, 11) is 1.19. The molecule has 0 aliphatic rings. The Labute approximate surface area is 94.3 Å². The van der Waals surface area contributed by atoms with Crippen LogP contribution in [0.2, 0.25) is 0 Å². The Morgan fingerprint density at radius 2 is 2.29 bits per heavy atom. The average Bonchev–Trinajstić information content (AvgIpc) is 2.80. The molecule has 2 heterocycles. The van der Waals surface area contributed by atoms with E-state index < -0.39 is 11.8 Å². The lowest BCUT2D eigenvalue weighted by Gasteiger charge is -2.00. The van der Waals surface area contributed by atoms with Gasteiger partial charge in [-0.05, 0) is 0 Å². The summed E-state index contributed by atoms with van der Waals surface area (Å²) in [5, 5.41) is 3.70. The van der Waals surface area contributed by atoms with Gasteiger partial charge < -0.3 is 10.5 Å². The monoisotopic (exact) mass is 238 g/mol. The van der Waals surface area contributed by atoms with Gasteiger partial charge in [0.15, 0.2) is 11.6 Å². The maximum absolute atomic E-state index is 13.4. The molecule has 0 aliphatic heterocycles. The highest BCUT2D eigenvalue weighted by Crippen LogP contribution is 2.09. The topological polar surface area (TPSA) is 109 Å². The summed E-state index contributed by atoms with van der Waals surface area (Å²) >= 11 is 0. The SMILES string of the molecule is COC(=O)c1ncn(-c2nc(N)ncc2F)n1. The molecule has 0 spiro atoms. The van der Waals surface area contributed by atoms with Crippen LogP contribution in [0.3, 0.4) is 0 Å². The number of nitrogens with two attached hydrogens (primary N) is 1. The molecule has 9 heteroatoms. The first kappa shape index (κ1) is 10.9. The minimum Gasteiger partial charge on any atom is -0.463 e. The highest BCUT2D eigenvalue weighted by Gasteiger charge is 2.15. The molecule has 88 valence electrons. The van der Waals surface area contributed by atoms with Crippen molar-refractivity contribution >= 4 is 11.9 Å². The molecule has 0 atom stereocenters. The molecule has 0 radical (unpaired) electrons. The molecule has 0 bridgehead atoms. The number of rotatable bonds is 2. The van der Waals surface area contributed by atoms with Gasteiger partial charge >= 0.3 is 5.97 Å². The molecule has 0 fully saturated rings. The van der Waals surface area contributed by atoms with Crippen LogP contribution in [0, 0.1) is 5.82 Å². The average molecular weight is 238 g/mol. The number of nitrogens with zero attached hydrogens (tertiary/aromatic N) is 5. The van der Waals surface area contributed by atoms with Crippen molar-refractivity contribution in [3.8, 4) is 5.82 Å². The van der Waals surface area contributed by atoms with Crippen molar-refractivity contribution < 1.29 is 13.9 Å². The van der Waals surface area contributed by atoms with Gasteiger partial charge in [0.1, 0.15) is 6.33 Å². The fourth-order valence-corrected chi connectivity index (χ4v) is 1.08. The lowest BCUT2D eigenvalue weighted by Crippen LogP contribution is -2.08. The van der Waals surface area contributed by atoms with E-state index >= 15 is 0 Å². The number of esters is 1. The molecule has 2 aromatic rings. The summed E-state index contributed by atoms with van der Waals surface area (Å²) in [6.07, 6.45) is 2.02. The van der Waals surface area contributed by atoms with Crippen LogP contribution in [0.25, 0.3) is 5.82 Å². The normalized spacial score (nSPS) is 10.2. The van der Waals surface area contributed by atoms with Gasteiger partial charge in [0.05, 0.1) is 13.3 Å². The molecule has 2 aromatic heterocycles. The molecule has 0 unspecified atom stereocenters. The predicted molar refractivity (Wildman–Crippen MR) is 52.7 cm³/mol. The molecular weight excluding hydrogens is 231 g/mol. The summed E-state index contributed by atoms with van der Waals surface area (Å²) in [6, 6.07) is 0. The van der Waals surface area contributed by atoms with Crippen LogP contribution in [0.4, 0.5) is 10.3 Å². The number of methoxy groups -OCH3 is 1. The molecule has 0 saturated carbocycles. The minimum atomic E-state index is -0.736. The predicted octanol–water partition coefficient (Wildman–Crippen LogP) is -0.435. The molecule has 0 aromatic carbocycles. The number of anilines is 1. The molecule has 0 saturated heterocycles. The first-order valence-corrected chi connectivity index (χ1v) is 4.40. The molecule has 0 aliphatic carbocycles. The second kappa shape index (κ2) is 4.12. The lowest BCUT2D eigenvalue weighted by atomic mass is 10.5. The van der Waals surface area contributed by atoms with Crippen molar-refractivity contribution in [2.45, 2.75) is 0 Å². The van der Waals surface area contributed by atoms with Gasteiger partial charge in [0.2, 0.25) is 5.95 Å². The van der Waals surface area contributed by atoms with Gasteiger partial charge in [-0.3, -0.25) is 0 Å². The smallest absolute Gasteiger partial charge is 0.377 e. The largest absolute Gasteiger partial charge is 0.463 e. The third-order valence-electron chi connectivity index (χ3n) is 1.82. The van der Waals surface area contributed by atoms with Crippen LogP contribution in [0.1, 0.15) is 10.6 Å². The number of carbonyl (C=O) groups is 1. The fourth-order valence-electron chi connectivity index (χ4n) is 1.08. The summed E-state index contributed by atoms with van der Waals surface area (Å²) < 4.78 is 18.7. The zero-order valence-electron chi connectivity index (χ0n) is 8.66. The van der Waals surface area contributed by atoms with Crippen molar-refractivity contribution in [2.75, 3.05) is 12.8 Å². The van der Waals surface area contributed by atoms with E-state index in [1.54, 1.807) is 0 Å². The van der Waals surface area contributed by atoms with Crippen LogP contribution in [0.5, 0.6) is 0 Å². The van der Waals surface area contributed by atoms with Crippen molar-refractivity contribution in [3.63, 3.8) is 0 Å². The Balaban J connectivity index is 2.43. The van der Waals surface area contributed by atoms with Gasteiger partial charge in [0, 0.05) is 0 Å². The number of ether oxygens (including phenoxy) is 1. The van der Waals surface area contributed by atoms with Gasteiger partial charge in [-0.2, -0.15) is 9.67 Å². The van der Waals surface area contributed by atoms with Crippen LogP contribution in [-0.4, -0.2) is 37.8 Å². The number of hydrogen-bond acceptors (Lipinski definition) is 7. The molecule has 0 amide bonds. The summed E-state index contributed by atoms with van der Waals surface area (Å²) in [4.78, 5) is 21.8. The van der Waals surface area contributed by atoms with E-state index in [0.29, 0.717) is 0 Å². The van der Waals surface area contributed by atoms with Crippen LogP contribution < -0.4 is 5.73 Å². The van der Waals surface area contributed by atoms with Gasteiger partial charge in [-0.25, -0.2) is 19.2 Å². The van der Waals surface area contributed by atoms with Gasteiger partial charge in [-0.1, -0.05) is 0 Å². The highest BCUT2D eigenvalue weighted by molar-refractivity contribution is 5.84. The standard InChI is InChI=1S/C8H7FN6O2/c1-17-7(16)5-12-3-15(14-5)6-4(9)2-11-8(10)13-6/h2-3H,1H3,(H2,10,11,13). The van der Waals surface area contributed by atoms with Crippen LogP contribution in [0.15, 0.2) is 12.5 Å². The first-order chi connectivity index (χ1) is 8.11. The van der Waals surface area contributed by atoms with E-state index in [2.05, 4.69) is 24.8 Å². The third-order valence-corrected chi connectivity index (χ3v) is 1.82. The second-order valence-corrected chi connectivity index (χ2v) is 2.90. The molecular formula is C8H7FN6O2. The minimum absolute atomic E-state index is 0.114. The fraction of sp³-hybridized carbons (Fsp3) is 0.125. The van der Waals surface area contributed by atoms with E-state index in [4.69, 9.17) is 5.73 Å². The van der Waals surface area contributed by atoms with Crippen LogP contribution in [-0.2, 0) is 4.74 Å². The number of hydrogen-bond donors (Lipinski definition) is 1. The number of halogens is 1. The Kier molecular flexibility index (Phi) is 2.65. The van der Waals surface area contributed by atoms with E-state index in [0.717, 1.165) is 17.2 Å². The van der Waals surface area contributed by atoms with Gasteiger partial charge in [0.25, 0.3) is 5.82 Å².